The number of rotatable bonds is 11. The Morgan fingerprint density at radius 3 is 1.13 bits per heavy atom. The number of aromatic nitrogens is 6. The van der Waals surface area contributed by atoms with Gasteiger partial charge in [0.2, 0.25) is 0 Å². The maximum Gasteiger partial charge on any atom is 0.164 e. The van der Waals surface area contributed by atoms with E-state index in [-0.39, 0.29) is 0 Å². The summed E-state index contributed by atoms with van der Waals surface area (Å²) >= 11 is 3.54. The molecule has 0 fully saturated rings. The molecule has 0 atom stereocenters. The molecule has 24 aromatic rings. The number of hydrogen-bond acceptors (Lipinski definition) is 12. The average molecular weight is 1490 g/mol. The van der Waals surface area contributed by atoms with Crippen LogP contribution >= 0.6 is 22.7 Å². The van der Waals surface area contributed by atoms with Gasteiger partial charge in [-0.15, -0.1) is 22.7 Å². The van der Waals surface area contributed by atoms with E-state index in [2.05, 4.69) is 224 Å². The Kier molecular flexibility index (Phi) is 14.3. The summed E-state index contributed by atoms with van der Waals surface area (Å²) in [5, 5.41) is 13.0. The predicted molar refractivity (Wildman–Crippen MR) is 468 cm³/mol. The second-order valence-electron chi connectivity index (χ2n) is 29.1. The molecule has 8 heterocycles. The number of fused-ring (bicyclic) bond motifs is 18. The van der Waals surface area contributed by atoms with Crippen LogP contribution in [0.1, 0.15) is 0 Å². The van der Waals surface area contributed by atoms with Gasteiger partial charge in [0.1, 0.15) is 44.7 Å². The van der Waals surface area contributed by atoms with Crippen molar-refractivity contribution >= 4 is 151 Å². The number of benzene rings is 16. The lowest BCUT2D eigenvalue weighted by molar-refractivity contribution is 0.665. The van der Waals surface area contributed by atoms with Gasteiger partial charge in [-0.05, 0) is 136 Å². The van der Waals surface area contributed by atoms with Gasteiger partial charge in [-0.3, -0.25) is 0 Å². The largest absolute Gasteiger partial charge is 0.456 e. The fourth-order valence-corrected chi connectivity index (χ4v) is 19.2. The Labute approximate surface area is 657 Å². The highest BCUT2D eigenvalue weighted by Gasteiger charge is 2.26. The Morgan fingerprint density at radius 2 is 0.561 bits per heavy atom. The molecule has 16 aromatic carbocycles. The van der Waals surface area contributed by atoms with Crippen molar-refractivity contribution < 1.29 is 17.7 Å². The standard InChI is InChI=1S/C102H56N6O4S2/c1-4-20-57(21-5-1)97-103-98(58-22-6-2-7-23-58)106-101(105-97)64-38-42-72-79-50-61(41-47-89(79)114-90(72)55-64)67-51-80(92-76-30-12-16-36-85(76)109-87(92)54-67)73-45-44-68(96-93(73)77-31-13-17-37-86(77)112-96)62-26-18-27-63(48-62)100-104-99(59-24-8-3-9-25-59)107-102(108-100)65-39-43-71-78-49-60(40-46-88(78)113-91(71)56-65)66-52-81-70-29-11-15-35-84(70)111-95(81)82(53-66)75-33-19-32-74-69-28-10-14-34-83(69)110-94(74)75/h1-56H. The average Bonchev–Trinajstić information content (AvgIpc) is 1.57. The van der Waals surface area contributed by atoms with Crippen molar-refractivity contribution in [2.45, 2.75) is 0 Å². The summed E-state index contributed by atoms with van der Waals surface area (Å²) in [6, 6.07) is 119. The number of hydrogen-bond donors (Lipinski definition) is 0. The van der Waals surface area contributed by atoms with Gasteiger partial charge in [0.25, 0.3) is 0 Å². The SMILES string of the molecule is c1ccc(-c2nc(-c3ccccc3)nc(-c3ccc4c(c3)sc3ccc(-c5cc(-c6ccc(-c7cccc(-c8nc(-c9ccccc9)nc(-c9ccc%10c(c9)sc9ccc(-c%11cc(-c%12cccc%13c%12oc%12ccccc%12%13)c%12oc%13ccccc%13c%12c%11)cc9%10)n8)c7)c7oc8ccccc8c67)c6c(c5)oc5ccccc56)cc34)n2)cc1. The second-order valence-corrected chi connectivity index (χ2v) is 31.2. The van der Waals surface area contributed by atoms with Crippen LogP contribution in [-0.4, -0.2) is 29.9 Å². The van der Waals surface area contributed by atoms with Crippen LogP contribution in [0, 0.1) is 0 Å². The summed E-state index contributed by atoms with van der Waals surface area (Å²) in [4.78, 5) is 31.0. The van der Waals surface area contributed by atoms with Gasteiger partial charge in [-0.2, -0.15) is 0 Å². The number of furan rings is 4. The molecule has 0 radical (unpaired) electrons. The minimum Gasteiger partial charge on any atom is -0.456 e. The Balaban J connectivity index is 0.598. The van der Waals surface area contributed by atoms with Crippen LogP contribution in [0.5, 0.6) is 0 Å². The third-order valence-corrected chi connectivity index (χ3v) is 24.7. The van der Waals surface area contributed by atoms with Crippen molar-refractivity contribution in [3.63, 3.8) is 0 Å². The molecule has 0 bridgehead atoms. The molecule has 0 aliphatic carbocycles. The van der Waals surface area contributed by atoms with Crippen LogP contribution in [-0.2, 0) is 0 Å². The summed E-state index contributed by atoms with van der Waals surface area (Å²) in [5.74, 6) is 3.59. The second kappa shape index (κ2) is 25.4. The van der Waals surface area contributed by atoms with Crippen LogP contribution in [0.4, 0.5) is 0 Å². The van der Waals surface area contributed by atoms with E-state index >= 15 is 0 Å². The fraction of sp³-hybridized carbons (Fsp3) is 0. The van der Waals surface area contributed by atoms with Crippen molar-refractivity contribution in [3.05, 3.63) is 340 Å². The molecular weight excluding hydrogens is 1440 g/mol. The number of para-hydroxylation sites is 5. The quantitative estimate of drug-likeness (QED) is 0.123. The van der Waals surface area contributed by atoms with Crippen molar-refractivity contribution in [1.82, 2.24) is 29.9 Å². The Bertz CT molecular complexity index is 8080. The normalized spacial score (nSPS) is 12.0. The minimum absolute atomic E-state index is 0.553. The highest BCUT2D eigenvalue weighted by Crippen LogP contribution is 2.50. The lowest BCUT2D eigenvalue weighted by atomic mass is 9.90. The first-order chi connectivity index (χ1) is 56.4. The van der Waals surface area contributed by atoms with Crippen molar-refractivity contribution in [2.75, 3.05) is 0 Å². The molecule has 0 unspecified atom stereocenters. The van der Waals surface area contributed by atoms with E-state index in [4.69, 9.17) is 47.6 Å². The molecule has 0 saturated carbocycles. The van der Waals surface area contributed by atoms with E-state index in [1.165, 1.54) is 20.2 Å². The molecule has 24 rings (SSSR count). The molecule has 114 heavy (non-hydrogen) atoms. The van der Waals surface area contributed by atoms with Gasteiger partial charge in [-0.25, -0.2) is 29.9 Å². The summed E-state index contributed by atoms with van der Waals surface area (Å²) in [5.41, 5.74) is 22.1. The van der Waals surface area contributed by atoms with E-state index < -0.39 is 0 Å². The zero-order valence-electron chi connectivity index (χ0n) is 60.5. The van der Waals surface area contributed by atoms with E-state index in [1.54, 1.807) is 22.7 Å². The summed E-state index contributed by atoms with van der Waals surface area (Å²) in [6.45, 7) is 0. The van der Waals surface area contributed by atoms with Crippen molar-refractivity contribution in [2.24, 2.45) is 0 Å². The van der Waals surface area contributed by atoms with E-state index in [9.17, 15) is 0 Å². The number of thiophene rings is 2. The molecule has 0 amide bonds. The van der Waals surface area contributed by atoms with Crippen LogP contribution in [0.3, 0.4) is 0 Å². The summed E-state index contributed by atoms with van der Waals surface area (Å²) in [6.07, 6.45) is 0. The Morgan fingerprint density at radius 1 is 0.167 bits per heavy atom. The van der Waals surface area contributed by atoms with Crippen molar-refractivity contribution in [3.8, 4) is 124 Å². The molecule has 0 saturated heterocycles. The molecule has 8 aromatic heterocycles. The maximum atomic E-state index is 7.14. The minimum atomic E-state index is 0.553. The van der Waals surface area contributed by atoms with Gasteiger partial charge in [0.05, 0.1) is 0 Å². The maximum absolute atomic E-state index is 7.14. The fourth-order valence-electron chi connectivity index (χ4n) is 17.0. The highest BCUT2D eigenvalue weighted by atomic mass is 32.1. The lowest BCUT2D eigenvalue weighted by Crippen LogP contribution is -2.00. The molecule has 10 nitrogen and oxygen atoms in total. The topological polar surface area (TPSA) is 130 Å². The first-order valence-electron chi connectivity index (χ1n) is 37.9. The molecular formula is C102H56N6O4S2. The van der Waals surface area contributed by atoms with E-state index in [1.807, 2.05) is 115 Å². The van der Waals surface area contributed by atoms with Crippen LogP contribution < -0.4 is 0 Å². The monoisotopic (exact) mass is 1490 g/mol. The number of nitrogens with zero attached hydrogens (tertiary/aromatic N) is 6. The third-order valence-electron chi connectivity index (χ3n) is 22.4. The van der Waals surface area contributed by atoms with E-state index in [0.717, 1.165) is 197 Å². The Hall–Kier alpha value is -14.8. The summed E-state index contributed by atoms with van der Waals surface area (Å²) in [7, 11) is 0. The van der Waals surface area contributed by atoms with Gasteiger partial charge >= 0.3 is 0 Å². The van der Waals surface area contributed by atoms with Crippen LogP contribution in [0.2, 0.25) is 0 Å². The molecule has 12 heteroatoms. The molecule has 0 N–H and O–H groups in total. The predicted octanol–water partition coefficient (Wildman–Crippen LogP) is 28.7. The van der Waals surface area contributed by atoms with Gasteiger partial charge in [-0.1, -0.05) is 243 Å². The zero-order chi connectivity index (χ0) is 74.6. The van der Waals surface area contributed by atoms with Gasteiger partial charge < -0.3 is 17.7 Å². The molecule has 0 aliphatic heterocycles. The lowest BCUT2D eigenvalue weighted by Gasteiger charge is -2.13. The van der Waals surface area contributed by atoms with Gasteiger partial charge in [0, 0.05) is 134 Å². The van der Waals surface area contributed by atoms with Crippen LogP contribution in [0.25, 0.3) is 252 Å². The third kappa shape index (κ3) is 10.4. The van der Waals surface area contributed by atoms with Gasteiger partial charge in [0.15, 0.2) is 34.9 Å². The van der Waals surface area contributed by atoms with Crippen LogP contribution in [0.15, 0.2) is 357 Å². The highest BCUT2D eigenvalue weighted by molar-refractivity contribution is 7.26. The van der Waals surface area contributed by atoms with Crippen molar-refractivity contribution in [1.29, 1.82) is 0 Å². The first kappa shape index (κ1) is 64.0. The first-order valence-corrected chi connectivity index (χ1v) is 39.5. The summed E-state index contributed by atoms with van der Waals surface area (Å²) < 4.78 is 32.1. The molecule has 530 valence electrons. The molecule has 0 aliphatic rings. The zero-order valence-corrected chi connectivity index (χ0v) is 62.1. The smallest absolute Gasteiger partial charge is 0.164 e. The van der Waals surface area contributed by atoms with E-state index in [0.29, 0.717) is 34.9 Å². The molecule has 0 spiro atoms.